The third kappa shape index (κ3) is 1.57. The van der Waals surface area contributed by atoms with Crippen LogP contribution in [0.4, 0.5) is 0 Å². The highest BCUT2D eigenvalue weighted by atomic mass is 32.2. The van der Waals surface area contributed by atoms with Crippen molar-refractivity contribution in [1.29, 1.82) is 0 Å². The summed E-state index contributed by atoms with van der Waals surface area (Å²) < 4.78 is 25.5. The SMILES string of the molecule is CC1(C)CNCCN(C2CC2)S1(=O)=O. The van der Waals surface area contributed by atoms with Crippen LogP contribution in [0, 0.1) is 0 Å². The van der Waals surface area contributed by atoms with Crippen LogP contribution >= 0.6 is 0 Å². The van der Waals surface area contributed by atoms with Crippen molar-refractivity contribution < 1.29 is 8.42 Å². The fourth-order valence-electron chi connectivity index (χ4n) is 1.85. The molecule has 0 bridgehead atoms. The van der Waals surface area contributed by atoms with E-state index in [0.29, 0.717) is 19.1 Å². The molecule has 14 heavy (non-hydrogen) atoms. The first-order valence-corrected chi connectivity index (χ1v) is 6.61. The van der Waals surface area contributed by atoms with Gasteiger partial charge in [0.25, 0.3) is 0 Å². The minimum Gasteiger partial charge on any atom is -0.314 e. The van der Waals surface area contributed by atoms with Gasteiger partial charge in [-0.3, -0.25) is 0 Å². The molecule has 1 aliphatic heterocycles. The van der Waals surface area contributed by atoms with Crippen LogP contribution in [0.25, 0.3) is 0 Å². The number of hydrogen-bond donors (Lipinski definition) is 1. The standard InChI is InChI=1S/C9H18N2O2S/c1-9(2)7-10-5-6-11(8-3-4-8)14(9,12)13/h8,10H,3-7H2,1-2H3. The number of hydrogen-bond acceptors (Lipinski definition) is 3. The maximum atomic E-state index is 12.2. The van der Waals surface area contributed by atoms with Crippen molar-refractivity contribution >= 4 is 10.0 Å². The van der Waals surface area contributed by atoms with Crippen molar-refractivity contribution in [2.24, 2.45) is 0 Å². The predicted molar refractivity (Wildman–Crippen MR) is 55.6 cm³/mol. The van der Waals surface area contributed by atoms with E-state index in [1.54, 1.807) is 18.2 Å². The maximum Gasteiger partial charge on any atom is 0.220 e. The molecule has 5 heteroatoms. The Balaban J connectivity index is 2.31. The second-order valence-corrected chi connectivity index (χ2v) is 7.31. The van der Waals surface area contributed by atoms with Crippen LogP contribution in [0.3, 0.4) is 0 Å². The van der Waals surface area contributed by atoms with Gasteiger partial charge in [-0.05, 0) is 26.7 Å². The Morgan fingerprint density at radius 3 is 2.57 bits per heavy atom. The van der Waals surface area contributed by atoms with Crippen molar-refractivity contribution in [3.63, 3.8) is 0 Å². The van der Waals surface area contributed by atoms with E-state index in [-0.39, 0.29) is 0 Å². The van der Waals surface area contributed by atoms with Gasteiger partial charge in [0.05, 0.1) is 4.75 Å². The molecule has 0 aromatic heterocycles. The molecule has 4 nitrogen and oxygen atoms in total. The molecular weight excluding hydrogens is 200 g/mol. The van der Waals surface area contributed by atoms with Crippen LogP contribution in [0.2, 0.25) is 0 Å². The molecule has 2 aliphatic rings. The van der Waals surface area contributed by atoms with Gasteiger partial charge in [-0.2, -0.15) is 4.31 Å². The second-order valence-electron chi connectivity index (χ2n) is 4.78. The molecule has 1 heterocycles. The average Bonchev–Trinajstić information content (AvgIpc) is 2.85. The van der Waals surface area contributed by atoms with E-state index in [4.69, 9.17) is 0 Å². The second kappa shape index (κ2) is 3.18. The van der Waals surface area contributed by atoms with Crippen LogP contribution in [0.5, 0.6) is 0 Å². The van der Waals surface area contributed by atoms with Crippen molar-refractivity contribution in [1.82, 2.24) is 9.62 Å². The topological polar surface area (TPSA) is 49.4 Å². The maximum absolute atomic E-state index is 12.2. The lowest BCUT2D eigenvalue weighted by molar-refractivity contribution is 0.405. The third-order valence-corrected chi connectivity index (χ3v) is 5.66. The predicted octanol–water partition coefficient (Wildman–Crippen LogP) is 0.162. The summed E-state index contributed by atoms with van der Waals surface area (Å²) in [4.78, 5) is 0. The van der Waals surface area contributed by atoms with Gasteiger partial charge in [-0.25, -0.2) is 8.42 Å². The van der Waals surface area contributed by atoms with E-state index in [1.165, 1.54) is 0 Å². The van der Waals surface area contributed by atoms with E-state index in [1.807, 2.05) is 0 Å². The molecule has 82 valence electrons. The summed E-state index contributed by atoms with van der Waals surface area (Å²) in [5.74, 6) is 0. The highest BCUT2D eigenvalue weighted by Gasteiger charge is 2.46. The zero-order valence-electron chi connectivity index (χ0n) is 8.78. The Hall–Kier alpha value is -0.130. The Morgan fingerprint density at radius 2 is 2.00 bits per heavy atom. The molecule has 0 unspecified atom stereocenters. The normalized spacial score (nSPS) is 32.4. The van der Waals surface area contributed by atoms with Gasteiger partial charge in [-0.15, -0.1) is 0 Å². The molecule has 1 aliphatic carbocycles. The van der Waals surface area contributed by atoms with E-state index in [0.717, 1.165) is 19.4 Å². The molecule has 0 atom stereocenters. The van der Waals surface area contributed by atoms with E-state index in [9.17, 15) is 8.42 Å². The summed E-state index contributed by atoms with van der Waals surface area (Å²) in [5, 5.41) is 3.18. The lowest BCUT2D eigenvalue weighted by atomic mass is 10.2. The lowest BCUT2D eigenvalue weighted by Gasteiger charge is -2.28. The van der Waals surface area contributed by atoms with Gasteiger partial charge >= 0.3 is 0 Å². The Morgan fingerprint density at radius 1 is 1.36 bits per heavy atom. The Kier molecular flexibility index (Phi) is 2.36. The first-order chi connectivity index (χ1) is 6.45. The molecule has 0 spiro atoms. The minimum absolute atomic E-state index is 0.291. The molecule has 2 rings (SSSR count). The lowest BCUT2D eigenvalue weighted by Crippen LogP contribution is -2.47. The van der Waals surface area contributed by atoms with Gasteiger partial charge < -0.3 is 5.32 Å². The quantitative estimate of drug-likeness (QED) is 0.682. The van der Waals surface area contributed by atoms with Crippen LogP contribution in [0.1, 0.15) is 26.7 Å². The molecule has 0 aromatic carbocycles. The van der Waals surface area contributed by atoms with Crippen LogP contribution in [0.15, 0.2) is 0 Å². The van der Waals surface area contributed by atoms with Crippen LogP contribution in [-0.2, 0) is 10.0 Å². The van der Waals surface area contributed by atoms with Gasteiger partial charge in [0.15, 0.2) is 0 Å². The Bertz CT molecular complexity index is 320. The number of sulfonamides is 1. The molecule has 0 radical (unpaired) electrons. The van der Waals surface area contributed by atoms with Crippen molar-refractivity contribution in [2.75, 3.05) is 19.6 Å². The van der Waals surface area contributed by atoms with Gasteiger partial charge in [-0.1, -0.05) is 0 Å². The summed E-state index contributed by atoms with van der Waals surface area (Å²) in [6.45, 7) is 5.57. The molecule has 1 N–H and O–H groups in total. The summed E-state index contributed by atoms with van der Waals surface area (Å²) in [7, 11) is -3.10. The summed E-state index contributed by atoms with van der Waals surface area (Å²) in [6.07, 6.45) is 2.07. The van der Waals surface area contributed by atoms with Crippen LogP contribution < -0.4 is 5.32 Å². The summed E-state index contributed by atoms with van der Waals surface area (Å²) in [6, 6.07) is 0.291. The van der Waals surface area contributed by atoms with Crippen molar-refractivity contribution in [3.8, 4) is 0 Å². The van der Waals surface area contributed by atoms with Gasteiger partial charge in [0.2, 0.25) is 10.0 Å². The zero-order chi connectivity index (χ0) is 10.4. The largest absolute Gasteiger partial charge is 0.314 e. The zero-order valence-corrected chi connectivity index (χ0v) is 9.60. The molecule has 0 amide bonds. The van der Waals surface area contributed by atoms with Crippen LogP contribution in [-0.4, -0.2) is 43.1 Å². The number of nitrogens with one attached hydrogen (secondary N) is 1. The van der Waals surface area contributed by atoms with E-state index >= 15 is 0 Å². The number of rotatable bonds is 1. The smallest absolute Gasteiger partial charge is 0.220 e. The number of nitrogens with zero attached hydrogens (tertiary/aromatic N) is 1. The monoisotopic (exact) mass is 218 g/mol. The first kappa shape index (κ1) is 10.4. The molecule has 0 aromatic rings. The first-order valence-electron chi connectivity index (χ1n) is 5.17. The molecule has 2 fully saturated rings. The molecule has 1 saturated heterocycles. The van der Waals surface area contributed by atoms with Crippen molar-refractivity contribution in [3.05, 3.63) is 0 Å². The highest BCUT2D eigenvalue weighted by molar-refractivity contribution is 7.90. The fraction of sp³-hybridized carbons (Fsp3) is 1.00. The fourth-order valence-corrected chi connectivity index (χ4v) is 3.70. The Labute approximate surface area is 85.7 Å². The summed E-state index contributed by atoms with van der Waals surface area (Å²) in [5.41, 5.74) is 0. The summed E-state index contributed by atoms with van der Waals surface area (Å²) >= 11 is 0. The highest BCUT2D eigenvalue weighted by Crippen LogP contribution is 2.34. The van der Waals surface area contributed by atoms with Crippen molar-refractivity contribution in [2.45, 2.75) is 37.5 Å². The van der Waals surface area contributed by atoms with E-state index in [2.05, 4.69) is 5.32 Å². The van der Waals surface area contributed by atoms with Gasteiger partial charge in [0.1, 0.15) is 0 Å². The van der Waals surface area contributed by atoms with E-state index < -0.39 is 14.8 Å². The van der Waals surface area contributed by atoms with Gasteiger partial charge in [0, 0.05) is 25.7 Å². The third-order valence-electron chi connectivity index (χ3n) is 3.02. The minimum atomic E-state index is -3.10. The average molecular weight is 218 g/mol. The molecule has 1 saturated carbocycles. The molecular formula is C9H18N2O2S.